The number of hydrogen-bond donors (Lipinski definition) is 2. The molecule has 2 N–H and O–H groups in total. The number of hydrogen-bond acceptors (Lipinski definition) is 4. The van der Waals surface area contributed by atoms with E-state index in [-0.39, 0.29) is 24.9 Å². The van der Waals surface area contributed by atoms with Crippen LogP contribution in [-0.4, -0.2) is 74.5 Å². The molecule has 0 bridgehead atoms. The fraction of sp³-hybridized carbons (Fsp3) is 0.588. The van der Waals surface area contributed by atoms with Crippen molar-refractivity contribution < 1.29 is 23.1 Å². The molecule has 0 aliphatic carbocycles. The van der Waals surface area contributed by atoms with Gasteiger partial charge in [0.2, 0.25) is 6.41 Å². The van der Waals surface area contributed by atoms with Crippen molar-refractivity contribution in [2.45, 2.75) is 65.3 Å². The van der Waals surface area contributed by atoms with E-state index in [0.717, 1.165) is 50.2 Å². The van der Waals surface area contributed by atoms with Gasteiger partial charge in [0.15, 0.2) is 0 Å². The molecule has 0 saturated carbocycles. The van der Waals surface area contributed by atoms with Gasteiger partial charge in [0.25, 0.3) is 5.92 Å². The predicted octanol–water partition coefficient (Wildman–Crippen LogP) is 5.99. The van der Waals surface area contributed by atoms with Gasteiger partial charge in [-0.15, -0.1) is 0 Å². The van der Waals surface area contributed by atoms with Crippen LogP contribution in [0.5, 0.6) is 5.75 Å². The Labute approximate surface area is 256 Å². The Bertz CT molecular complexity index is 1110. The van der Waals surface area contributed by atoms with Crippen molar-refractivity contribution in [3.05, 3.63) is 65.7 Å². The summed E-state index contributed by atoms with van der Waals surface area (Å²) in [5.41, 5.74) is 2.78. The molecule has 0 spiro atoms. The third kappa shape index (κ3) is 11.8. The summed E-state index contributed by atoms with van der Waals surface area (Å²) in [5, 5.41) is 6.18. The summed E-state index contributed by atoms with van der Waals surface area (Å²) in [6.45, 7) is 10.4. The molecule has 1 unspecified atom stereocenters. The van der Waals surface area contributed by atoms with Crippen LogP contribution in [0.3, 0.4) is 0 Å². The van der Waals surface area contributed by atoms with E-state index in [4.69, 9.17) is 4.74 Å². The Morgan fingerprint density at radius 1 is 1.05 bits per heavy atom. The first-order chi connectivity index (χ1) is 20.5. The van der Waals surface area contributed by atoms with Crippen LogP contribution in [0.2, 0.25) is 0 Å². The van der Waals surface area contributed by atoms with Crippen LogP contribution in [0.1, 0.15) is 57.6 Å². The molecule has 2 aliphatic rings. The normalized spacial score (nSPS) is 18.5. The van der Waals surface area contributed by atoms with Crippen molar-refractivity contribution in [3.8, 4) is 5.75 Å². The molecule has 0 radical (unpaired) electrons. The number of urea groups is 1. The lowest BCUT2D eigenvalue weighted by molar-refractivity contribution is -0.119. The number of carbonyl (C=O) groups is 2. The van der Waals surface area contributed by atoms with Gasteiger partial charge in [-0.3, -0.25) is 4.79 Å². The Morgan fingerprint density at radius 3 is 2.30 bits per heavy atom. The fourth-order valence-corrected chi connectivity index (χ4v) is 5.49. The lowest BCUT2D eigenvalue weighted by Gasteiger charge is -2.35. The quantitative estimate of drug-likeness (QED) is 0.294. The van der Waals surface area contributed by atoms with E-state index in [1.54, 1.807) is 7.11 Å². The van der Waals surface area contributed by atoms with E-state index < -0.39 is 12.5 Å². The van der Waals surface area contributed by atoms with Gasteiger partial charge in [0.1, 0.15) is 5.75 Å². The molecule has 3 amide bonds. The molecule has 238 valence electrons. The molecule has 0 aromatic heterocycles. The number of nitrogens with zero attached hydrogens (tertiary/aromatic N) is 2. The fourth-order valence-electron chi connectivity index (χ4n) is 5.49. The minimum absolute atomic E-state index is 0.132. The van der Waals surface area contributed by atoms with Crippen LogP contribution in [0.15, 0.2) is 54.6 Å². The summed E-state index contributed by atoms with van der Waals surface area (Å²) in [4.78, 5) is 26.3. The largest absolute Gasteiger partial charge is 0.497 e. The molecular weight excluding hydrogens is 550 g/mol. The molecule has 43 heavy (non-hydrogen) atoms. The van der Waals surface area contributed by atoms with Crippen LogP contribution >= 0.6 is 0 Å². The Hall–Kier alpha value is -3.20. The number of nitrogens with one attached hydrogen (secondary N) is 2. The summed E-state index contributed by atoms with van der Waals surface area (Å²) in [5.74, 6) is -1.20. The zero-order chi connectivity index (χ0) is 31.3. The van der Waals surface area contributed by atoms with Crippen LogP contribution in [0.4, 0.5) is 13.6 Å². The number of halogens is 2. The molecule has 2 fully saturated rings. The number of amides is 3. The summed E-state index contributed by atoms with van der Waals surface area (Å²) in [6, 6.07) is 17.7. The van der Waals surface area contributed by atoms with Gasteiger partial charge in [-0.1, -0.05) is 63.2 Å². The zero-order valence-corrected chi connectivity index (χ0v) is 26.3. The first-order valence-corrected chi connectivity index (χ1v) is 15.5. The number of piperidine rings is 1. The molecule has 2 aromatic rings. The van der Waals surface area contributed by atoms with Gasteiger partial charge in [0.05, 0.1) is 13.7 Å². The Kier molecular flexibility index (Phi) is 13.2. The van der Waals surface area contributed by atoms with Gasteiger partial charge in [0, 0.05) is 32.6 Å². The van der Waals surface area contributed by atoms with E-state index in [1.807, 2.05) is 47.4 Å². The van der Waals surface area contributed by atoms with Gasteiger partial charge in [-0.2, -0.15) is 0 Å². The van der Waals surface area contributed by atoms with Crippen molar-refractivity contribution in [2.75, 3.05) is 46.4 Å². The molecule has 7 nitrogen and oxygen atoms in total. The maximum atomic E-state index is 13.1. The minimum atomic E-state index is -2.73. The highest BCUT2D eigenvalue weighted by atomic mass is 19.3. The maximum Gasteiger partial charge on any atom is 0.317 e. The van der Waals surface area contributed by atoms with E-state index in [0.29, 0.717) is 24.4 Å². The summed E-state index contributed by atoms with van der Waals surface area (Å²) in [7, 11) is 1.66. The number of benzene rings is 2. The second kappa shape index (κ2) is 16.6. The van der Waals surface area contributed by atoms with Crippen molar-refractivity contribution >= 4 is 12.4 Å². The average molecular weight is 601 g/mol. The van der Waals surface area contributed by atoms with Crippen LogP contribution in [0, 0.1) is 17.3 Å². The van der Waals surface area contributed by atoms with Gasteiger partial charge in [-0.05, 0) is 79.3 Å². The van der Waals surface area contributed by atoms with Crippen LogP contribution in [-0.2, 0) is 17.8 Å². The summed E-state index contributed by atoms with van der Waals surface area (Å²) >= 11 is 0. The molecule has 2 atom stereocenters. The third-order valence-corrected chi connectivity index (χ3v) is 8.91. The Balaban J connectivity index is 0.000000236. The second-order valence-corrected chi connectivity index (χ2v) is 12.6. The van der Waals surface area contributed by atoms with Crippen molar-refractivity contribution in [2.24, 2.45) is 17.3 Å². The van der Waals surface area contributed by atoms with E-state index in [2.05, 4.69) is 43.5 Å². The highest BCUT2D eigenvalue weighted by Gasteiger charge is 2.40. The van der Waals surface area contributed by atoms with E-state index in [9.17, 15) is 18.4 Å². The monoisotopic (exact) mass is 600 g/mol. The zero-order valence-electron chi connectivity index (χ0n) is 26.3. The summed E-state index contributed by atoms with van der Waals surface area (Å²) in [6.07, 6.45) is 5.14. The molecule has 4 rings (SSSR count). The van der Waals surface area contributed by atoms with E-state index in [1.165, 1.54) is 23.3 Å². The van der Waals surface area contributed by atoms with Crippen molar-refractivity contribution in [3.63, 3.8) is 0 Å². The standard InChI is InChI=1S/C17H24F2N2O.C17H26N2O2/c1-13(10-15-6-4-3-5-7-15)14(2)11-20-16(22)21-9-8-17(18,19)12-21;1-17(7-10-18-11-8-17)9-12-19(14-20)13-15-3-5-16(21-2)6-4-15/h3-7,13-14H,8-12H2,1-2H3,(H,20,22);3-6,14,18H,7-13H2,1-2H3/t13?,14-;/m0./s1. The number of methoxy groups -OCH3 is 1. The average Bonchev–Trinajstić information content (AvgIpc) is 3.38. The number of rotatable bonds is 12. The Morgan fingerprint density at radius 2 is 1.72 bits per heavy atom. The molecule has 2 aromatic carbocycles. The maximum absolute atomic E-state index is 13.1. The van der Waals surface area contributed by atoms with Gasteiger partial charge < -0.3 is 25.2 Å². The SMILES string of the molecule is CC(Cc1ccccc1)[C@@H](C)CNC(=O)N1CCC(F)(F)C1.COc1ccc(CN(C=O)CCC2(C)CCNCC2)cc1. The van der Waals surface area contributed by atoms with Gasteiger partial charge >= 0.3 is 6.03 Å². The number of likely N-dealkylation sites (tertiary alicyclic amines) is 1. The topological polar surface area (TPSA) is 73.9 Å². The first-order valence-electron chi connectivity index (χ1n) is 15.5. The molecule has 2 saturated heterocycles. The smallest absolute Gasteiger partial charge is 0.317 e. The highest BCUT2D eigenvalue weighted by molar-refractivity contribution is 5.74. The molecular formula is C34H50F2N4O3. The lowest BCUT2D eigenvalue weighted by atomic mass is 9.78. The van der Waals surface area contributed by atoms with E-state index >= 15 is 0 Å². The number of alkyl halides is 2. The van der Waals surface area contributed by atoms with Crippen LogP contribution < -0.4 is 15.4 Å². The first kappa shape index (κ1) is 34.3. The van der Waals surface area contributed by atoms with Gasteiger partial charge in [-0.25, -0.2) is 13.6 Å². The second-order valence-electron chi connectivity index (χ2n) is 12.6. The van der Waals surface area contributed by atoms with Crippen molar-refractivity contribution in [1.29, 1.82) is 0 Å². The lowest BCUT2D eigenvalue weighted by Crippen LogP contribution is -2.42. The number of carbonyl (C=O) groups excluding carboxylic acids is 2. The number of ether oxygens (including phenoxy) is 1. The minimum Gasteiger partial charge on any atom is -0.497 e. The predicted molar refractivity (Wildman–Crippen MR) is 167 cm³/mol. The van der Waals surface area contributed by atoms with Crippen molar-refractivity contribution in [1.82, 2.24) is 20.4 Å². The molecule has 2 heterocycles. The summed E-state index contributed by atoms with van der Waals surface area (Å²) < 4.78 is 31.4. The molecule has 9 heteroatoms. The molecule has 2 aliphatic heterocycles. The van der Waals surface area contributed by atoms with Crippen LogP contribution in [0.25, 0.3) is 0 Å². The highest BCUT2D eigenvalue weighted by Crippen LogP contribution is 2.32. The third-order valence-electron chi connectivity index (χ3n) is 8.91.